The average molecular weight is 260 g/mol. The minimum Gasteiger partial charge on any atom is -0.366 e. The highest BCUT2D eigenvalue weighted by Crippen LogP contribution is 2.08. The predicted molar refractivity (Wildman–Crippen MR) is 69.2 cm³/mol. The Balaban J connectivity index is 1.94. The van der Waals surface area contributed by atoms with Crippen molar-refractivity contribution in [1.29, 1.82) is 0 Å². The minimum absolute atomic E-state index is 0.416. The summed E-state index contributed by atoms with van der Waals surface area (Å²) in [6.07, 6.45) is 0. The van der Waals surface area contributed by atoms with Crippen molar-refractivity contribution in [2.24, 2.45) is 5.73 Å². The Labute approximate surface area is 111 Å². The monoisotopic (exact) mass is 260 g/mol. The fraction of sp³-hybridized carbons (Fsp3) is 0.308. The van der Waals surface area contributed by atoms with Gasteiger partial charge in [-0.05, 0) is 31.7 Å². The van der Waals surface area contributed by atoms with Crippen molar-refractivity contribution in [2.75, 3.05) is 7.05 Å². The fourth-order valence-corrected chi connectivity index (χ4v) is 1.78. The number of aryl methyl sites for hydroxylation is 1. The van der Waals surface area contributed by atoms with Gasteiger partial charge in [-0.2, -0.15) is 4.98 Å². The van der Waals surface area contributed by atoms with Crippen LogP contribution in [0, 0.1) is 6.92 Å². The molecule has 0 fully saturated rings. The number of amides is 1. The van der Waals surface area contributed by atoms with Crippen LogP contribution in [0.5, 0.6) is 0 Å². The maximum Gasteiger partial charge on any atom is 0.248 e. The molecule has 1 amide bonds. The Bertz CT molecular complexity index is 562. The summed E-state index contributed by atoms with van der Waals surface area (Å²) in [5.41, 5.74) is 6.79. The molecule has 0 aliphatic heterocycles. The van der Waals surface area contributed by atoms with E-state index in [1.54, 1.807) is 19.1 Å². The van der Waals surface area contributed by atoms with Crippen LogP contribution in [0.25, 0.3) is 0 Å². The molecule has 2 aromatic rings. The van der Waals surface area contributed by atoms with Crippen LogP contribution in [-0.2, 0) is 13.1 Å². The average Bonchev–Trinajstić information content (AvgIpc) is 2.75. The summed E-state index contributed by atoms with van der Waals surface area (Å²) >= 11 is 0. The van der Waals surface area contributed by atoms with Crippen molar-refractivity contribution in [3.8, 4) is 0 Å². The molecule has 2 N–H and O–H groups in total. The Morgan fingerprint density at radius 3 is 2.53 bits per heavy atom. The van der Waals surface area contributed by atoms with Crippen LogP contribution in [0.2, 0.25) is 0 Å². The van der Waals surface area contributed by atoms with Crippen molar-refractivity contribution < 1.29 is 9.32 Å². The SMILES string of the molecule is Cc1noc(CN(C)Cc2ccc(C(N)=O)cc2)n1. The maximum absolute atomic E-state index is 11.0. The molecule has 0 aliphatic rings. The van der Waals surface area contributed by atoms with E-state index >= 15 is 0 Å². The van der Waals surface area contributed by atoms with Crippen molar-refractivity contribution in [3.05, 3.63) is 47.1 Å². The summed E-state index contributed by atoms with van der Waals surface area (Å²) in [5.74, 6) is 0.809. The van der Waals surface area contributed by atoms with Crippen molar-refractivity contribution in [3.63, 3.8) is 0 Å². The van der Waals surface area contributed by atoms with Crippen LogP contribution >= 0.6 is 0 Å². The quantitative estimate of drug-likeness (QED) is 0.870. The molecule has 0 bridgehead atoms. The largest absolute Gasteiger partial charge is 0.366 e. The number of nitrogens with two attached hydrogens (primary N) is 1. The summed E-state index contributed by atoms with van der Waals surface area (Å²) in [6, 6.07) is 7.22. The van der Waals surface area contributed by atoms with E-state index < -0.39 is 5.91 Å². The van der Waals surface area contributed by atoms with Gasteiger partial charge in [-0.1, -0.05) is 17.3 Å². The van der Waals surface area contributed by atoms with Crippen molar-refractivity contribution >= 4 is 5.91 Å². The van der Waals surface area contributed by atoms with Crippen LogP contribution in [0.15, 0.2) is 28.8 Å². The molecule has 19 heavy (non-hydrogen) atoms. The summed E-state index contributed by atoms with van der Waals surface area (Å²) < 4.78 is 5.06. The second-order valence-corrected chi connectivity index (χ2v) is 4.47. The molecule has 1 heterocycles. The molecule has 0 radical (unpaired) electrons. The third-order valence-electron chi connectivity index (χ3n) is 2.67. The highest BCUT2D eigenvalue weighted by molar-refractivity contribution is 5.92. The van der Waals surface area contributed by atoms with Gasteiger partial charge in [0.15, 0.2) is 5.82 Å². The first-order valence-corrected chi connectivity index (χ1v) is 5.91. The van der Waals surface area contributed by atoms with E-state index in [-0.39, 0.29) is 0 Å². The topological polar surface area (TPSA) is 85.3 Å². The molecule has 0 saturated carbocycles. The smallest absolute Gasteiger partial charge is 0.248 e. The first-order chi connectivity index (χ1) is 9.04. The van der Waals surface area contributed by atoms with Gasteiger partial charge in [0, 0.05) is 12.1 Å². The number of carbonyl (C=O) groups excluding carboxylic acids is 1. The van der Waals surface area contributed by atoms with Crippen LogP contribution in [0.3, 0.4) is 0 Å². The van der Waals surface area contributed by atoms with E-state index in [4.69, 9.17) is 10.3 Å². The zero-order valence-electron chi connectivity index (χ0n) is 11.0. The third kappa shape index (κ3) is 3.62. The lowest BCUT2D eigenvalue weighted by atomic mass is 10.1. The Morgan fingerprint density at radius 1 is 1.32 bits per heavy atom. The van der Waals surface area contributed by atoms with E-state index in [1.807, 2.05) is 24.1 Å². The molecular formula is C13H16N4O2. The Hall–Kier alpha value is -2.21. The van der Waals surface area contributed by atoms with E-state index in [2.05, 4.69) is 10.1 Å². The second kappa shape index (κ2) is 5.62. The number of rotatable bonds is 5. The number of carbonyl (C=O) groups is 1. The highest BCUT2D eigenvalue weighted by Gasteiger charge is 2.08. The predicted octanol–water partition coefficient (Wildman–Crippen LogP) is 1.11. The van der Waals surface area contributed by atoms with Crippen LogP contribution in [-0.4, -0.2) is 28.0 Å². The number of nitrogens with zero attached hydrogens (tertiary/aromatic N) is 3. The van der Waals surface area contributed by atoms with E-state index in [0.29, 0.717) is 23.8 Å². The van der Waals surface area contributed by atoms with Crippen LogP contribution < -0.4 is 5.73 Å². The van der Waals surface area contributed by atoms with Gasteiger partial charge in [0.2, 0.25) is 11.8 Å². The van der Waals surface area contributed by atoms with Gasteiger partial charge in [0.05, 0.1) is 6.54 Å². The lowest BCUT2D eigenvalue weighted by Crippen LogP contribution is -2.17. The molecule has 0 spiro atoms. The number of hydrogen-bond acceptors (Lipinski definition) is 5. The first kappa shape index (κ1) is 13.2. The fourth-order valence-electron chi connectivity index (χ4n) is 1.78. The molecular weight excluding hydrogens is 244 g/mol. The maximum atomic E-state index is 11.0. The molecule has 1 aromatic carbocycles. The summed E-state index contributed by atoms with van der Waals surface area (Å²) in [6.45, 7) is 3.09. The lowest BCUT2D eigenvalue weighted by Gasteiger charge is -2.14. The zero-order chi connectivity index (χ0) is 13.8. The lowest BCUT2D eigenvalue weighted by molar-refractivity contribution is 0.100. The third-order valence-corrected chi connectivity index (χ3v) is 2.67. The van der Waals surface area contributed by atoms with Crippen molar-refractivity contribution in [1.82, 2.24) is 15.0 Å². The number of aromatic nitrogens is 2. The summed E-state index contributed by atoms with van der Waals surface area (Å²) in [4.78, 5) is 17.2. The molecule has 0 atom stereocenters. The summed E-state index contributed by atoms with van der Waals surface area (Å²) in [5, 5.41) is 3.74. The van der Waals surface area contributed by atoms with E-state index in [9.17, 15) is 4.79 Å². The van der Waals surface area contributed by atoms with Gasteiger partial charge >= 0.3 is 0 Å². The van der Waals surface area contributed by atoms with Gasteiger partial charge in [-0.25, -0.2) is 0 Å². The van der Waals surface area contributed by atoms with E-state index in [1.165, 1.54) is 0 Å². The Morgan fingerprint density at radius 2 is 2.00 bits per heavy atom. The molecule has 1 aromatic heterocycles. The number of primary amides is 1. The molecule has 0 aliphatic carbocycles. The minimum atomic E-state index is -0.416. The number of benzene rings is 1. The van der Waals surface area contributed by atoms with Gasteiger partial charge in [-0.3, -0.25) is 9.69 Å². The zero-order valence-corrected chi connectivity index (χ0v) is 11.0. The van der Waals surface area contributed by atoms with Gasteiger partial charge in [0.1, 0.15) is 0 Å². The van der Waals surface area contributed by atoms with Gasteiger partial charge in [-0.15, -0.1) is 0 Å². The number of hydrogen-bond donors (Lipinski definition) is 1. The molecule has 0 saturated heterocycles. The Kier molecular flexibility index (Phi) is 3.91. The van der Waals surface area contributed by atoms with Gasteiger partial charge < -0.3 is 10.3 Å². The first-order valence-electron chi connectivity index (χ1n) is 5.91. The standard InChI is InChI=1S/C13H16N4O2/c1-9-15-12(19-16-9)8-17(2)7-10-3-5-11(6-4-10)13(14)18/h3-6H,7-8H2,1-2H3,(H2,14,18). The van der Waals surface area contributed by atoms with Crippen molar-refractivity contribution in [2.45, 2.75) is 20.0 Å². The highest BCUT2D eigenvalue weighted by atomic mass is 16.5. The molecule has 6 nitrogen and oxygen atoms in total. The molecule has 100 valence electrons. The van der Waals surface area contributed by atoms with Gasteiger partial charge in [0.25, 0.3) is 0 Å². The normalized spacial score (nSPS) is 10.9. The molecule has 0 unspecified atom stereocenters. The molecule has 6 heteroatoms. The van der Waals surface area contributed by atoms with E-state index in [0.717, 1.165) is 12.1 Å². The van der Waals surface area contributed by atoms with Crippen LogP contribution in [0.4, 0.5) is 0 Å². The van der Waals surface area contributed by atoms with Crippen LogP contribution in [0.1, 0.15) is 27.6 Å². The second-order valence-electron chi connectivity index (χ2n) is 4.47. The summed E-state index contributed by atoms with van der Waals surface area (Å²) in [7, 11) is 1.96. The molecule has 2 rings (SSSR count).